The Labute approximate surface area is 239 Å². The average Bonchev–Trinajstić information content (AvgIpc) is 3.78. The number of nitrogens with one attached hydrogen (secondary N) is 4. The van der Waals surface area contributed by atoms with Crippen molar-refractivity contribution in [2.24, 2.45) is 0 Å². The van der Waals surface area contributed by atoms with Crippen LogP contribution >= 0.6 is 22.7 Å². The van der Waals surface area contributed by atoms with Crippen LogP contribution in [0.4, 0.5) is 0 Å². The quantitative estimate of drug-likeness (QED) is 0.309. The highest BCUT2D eigenvalue weighted by atomic mass is 32.1. The molecule has 4 N–H and O–H groups in total. The standard InChI is InChI=1S/C26H31N9O3S2/c1-14(30-13-22(36)35-8-4-5-15(35)12-27)11-26(25-31-33-34-32-25)16-9-20(23(37)28-2)39-18(16)6-7-19-17(26)10-21(40-19)24(38)29-3/h9-10,14-15,30H,4-8,11,13H2,1-3H3,(H,28,37)(H,29,38)(H,31,32,33,34)/t14-,15?/m1/s1. The third-order valence-corrected chi connectivity index (χ3v) is 10.1. The van der Waals surface area contributed by atoms with E-state index < -0.39 is 5.41 Å². The van der Waals surface area contributed by atoms with Gasteiger partial charge in [0.2, 0.25) is 5.91 Å². The highest BCUT2D eigenvalue weighted by Gasteiger charge is 2.48. The molecule has 1 aliphatic carbocycles. The first-order valence-corrected chi connectivity index (χ1v) is 14.8. The minimum Gasteiger partial charge on any atom is -0.354 e. The number of aryl methyl sites for hydroxylation is 2. The lowest BCUT2D eigenvalue weighted by atomic mass is 9.70. The van der Waals surface area contributed by atoms with E-state index in [9.17, 15) is 19.6 Å². The van der Waals surface area contributed by atoms with E-state index in [1.165, 1.54) is 22.7 Å². The summed E-state index contributed by atoms with van der Waals surface area (Å²) in [5.74, 6) is -0.0256. The van der Waals surface area contributed by atoms with E-state index >= 15 is 0 Å². The van der Waals surface area contributed by atoms with E-state index in [1.54, 1.807) is 19.0 Å². The number of hydrogen-bond donors (Lipinski definition) is 4. The Morgan fingerprint density at radius 2 is 1.77 bits per heavy atom. The fraction of sp³-hybridized carbons (Fsp3) is 0.500. The number of hydrogen-bond acceptors (Lipinski definition) is 10. The van der Waals surface area contributed by atoms with E-state index in [2.05, 4.69) is 42.6 Å². The number of rotatable bonds is 8. The summed E-state index contributed by atoms with van der Waals surface area (Å²) in [4.78, 5) is 43.3. The molecule has 2 atom stereocenters. The maximum absolute atomic E-state index is 13.0. The summed E-state index contributed by atoms with van der Waals surface area (Å²) in [5, 5.41) is 33.6. The highest BCUT2D eigenvalue weighted by Crippen LogP contribution is 2.50. The number of likely N-dealkylation sites (tertiary alicyclic amines) is 1. The van der Waals surface area contributed by atoms with Crippen LogP contribution in [-0.4, -0.2) is 82.5 Å². The molecule has 5 rings (SSSR count). The molecule has 4 heterocycles. The zero-order chi connectivity index (χ0) is 28.4. The van der Waals surface area contributed by atoms with Gasteiger partial charge < -0.3 is 20.9 Å². The Morgan fingerprint density at radius 3 is 2.30 bits per heavy atom. The summed E-state index contributed by atoms with van der Waals surface area (Å²) in [6, 6.07) is 5.43. The molecule has 3 aromatic rings. The summed E-state index contributed by atoms with van der Waals surface area (Å²) in [7, 11) is 3.21. The molecule has 12 nitrogen and oxygen atoms in total. The number of fused-ring (bicyclic) bond motifs is 2. The molecule has 2 aliphatic rings. The number of carbonyl (C=O) groups excluding carboxylic acids is 3. The summed E-state index contributed by atoms with van der Waals surface area (Å²) in [6.07, 6.45) is 3.35. The minimum absolute atomic E-state index is 0.0850. The monoisotopic (exact) mass is 581 g/mol. The molecular formula is C26H31N9O3S2. The second-order valence-electron chi connectivity index (χ2n) is 10.1. The van der Waals surface area contributed by atoms with Gasteiger partial charge in [0.1, 0.15) is 6.04 Å². The molecule has 0 saturated carbocycles. The van der Waals surface area contributed by atoms with Gasteiger partial charge in [-0.25, -0.2) is 0 Å². The number of aromatic amines is 1. The normalized spacial score (nSPS) is 18.2. The zero-order valence-electron chi connectivity index (χ0n) is 22.5. The number of nitrogens with zero attached hydrogens (tertiary/aromatic N) is 5. The maximum Gasteiger partial charge on any atom is 0.261 e. The van der Waals surface area contributed by atoms with Crippen molar-refractivity contribution in [2.75, 3.05) is 27.2 Å². The number of carbonyl (C=O) groups is 3. The van der Waals surface area contributed by atoms with Crippen LogP contribution in [0.1, 0.15) is 72.2 Å². The SMILES string of the molecule is CNC(=O)c1cc2c(s1)CCc1sc(C(=O)NC)cc1C2(C[C@@H](C)NCC(=O)N1CCCC1C#N)c1nn[nH]n1. The van der Waals surface area contributed by atoms with Crippen LogP contribution in [0, 0.1) is 11.3 Å². The van der Waals surface area contributed by atoms with Gasteiger partial charge in [-0.05, 0) is 62.3 Å². The topological polar surface area (TPSA) is 169 Å². The first-order valence-electron chi connectivity index (χ1n) is 13.2. The molecule has 3 aromatic heterocycles. The molecule has 0 bridgehead atoms. The lowest BCUT2D eigenvalue weighted by Crippen LogP contribution is -2.45. The van der Waals surface area contributed by atoms with Crippen LogP contribution in [0.2, 0.25) is 0 Å². The van der Waals surface area contributed by atoms with Crippen LogP contribution in [0.15, 0.2) is 12.1 Å². The van der Waals surface area contributed by atoms with Crippen LogP contribution in [0.3, 0.4) is 0 Å². The Kier molecular flexibility index (Phi) is 7.97. The van der Waals surface area contributed by atoms with Gasteiger partial charge in [-0.1, -0.05) is 5.21 Å². The fourth-order valence-corrected chi connectivity index (χ4v) is 8.15. The van der Waals surface area contributed by atoms with E-state index in [-0.39, 0.29) is 36.3 Å². The Morgan fingerprint density at radius 1 is 1.15 bits per heavy atom. The van der Waals surface area contributed by atoms with Gasteiger partial charge in [0.15, 0.2) is 5.82 Å². The van der Waals surface area contributed by atoms with E-state index in [0.29, 0.717) is 47.8 Å². The molecule has 0 aromatic carbocycles. The average molecular weight is 582 g/mol. The summed E-state index contributed by atoms with van der Waals surface area (Å²) in [5.41, 5.74) is 0.876. The molecule has 40 heavy (non-hydrogen) atoms. The Hall–Kier alpha value is -3.67. The largest absolute Gasteiger partial charge is 0.354 e. The molecule has 0 spiro atoms. The first-order chi connectivity index (χ1) is 19.3. The minimum atomic E-state index is -0.933. The van der Waals surface area contributed by atoms with E-state index in [4.69, 9.17) is 0 Å². The third-order valence-electron chi connectivity index (χ3n) is 7.68. The number of thiophene rings is 2. The van der Waals surface area contributed by atoms with Gasteiger partial charge in [0.25, 0.3) is 11.8 Å². The van der Waals surface area contributed by atoms with Gasteiger partial charge in [-0.3, -0.25) is 14.4 Å². The van der Waals surface area contributed by atoms with E-state index in [1.807, 2.05) is 19.1 Å². The molecule has 1 saturated heterocycles. The lowest BCUT2D eigenvalue weighted by Gasteiger charge is -2.34. The lowest BCUT2D eigenvalue weighted by molar-refractivity contribution is -0.130. The number of nitriles is 1. The fourth-order valence-electron chi connectivity index (χ4n) is 5.78. The number of amides is 3. The van der Waals surface area contributed by atoms with Crippen molar-refractivity contribution >= 4 is 40.4 Å². The van der Waals surface area contributed by atoms with Gasteiger partial charge in [-0.15, -0.1) is 32.9 Å². The molecule has 210 valence electrons. The summed E-state index contributed by atoms with van der Waals surface area (Å²) < 4.78 is 0. The van der Waals surface area contributed by atoms with Crippen molar-refractivity contribution in [2.45, 2.75) is 56.5 Å². The number of aromatic nitrogens is 4. The maximum atomic E-state index is 13.0. The van der Waals surface area contributed by atoms with Crippen molar-refractivity contribution in [3.8, 4) is 6.07 Å². The Balaban J connectivity index is 1.57. The van der Waals surface area contributed by atoms with Crippen molar-refractivity contribution in [1.82, 2.24) is 41.5 Å². The molecular weight excluding hydrogens is 550 g/mol. The summed E-state index contributed by atoms with van der Waals surface area (Å²) >= 11 is 2.90. The smallest absolute Gasteiger partial charge is 0.261 e. The van der Waals surface area contributed by atoms with Crippen molar-refractivity contribution in [3.05, 3.63) is 48.6 Å². The molecule has 0 radical (unpaired) electrons. The molecule has 3 amide bonds. The first kappa shape index (κ1) is 27.9. The Bertz CT molecular complexity index is 1390. The molecule has 1 fully saturated rings. The van der Waals surface area contributed by atoms with Crippen LogP contribution < -0.4 is 16.0 Å². The van der Waals surface area contributed by atoms with Gasteiger partial charge in [0.05, 0.1) is 27.8 Å². The second kappa shape index (κ2) is 11.4. The van der Waals surface area contributed by atoms with Gasteiger partial charge in [0, 0.05) is 36.4 Å². The van der Waals surface area contributed by atoms with Crippen LogP contribution in [0.5, 0.6) is 0 Å². The molecule has 14 heteroatoms. The summed E-state index contributed by atoms with van der Waals surface area (Å²) in [6.45, 7) is 2.66. The third kappa shape index (κ3) is 4.89. The van der Waals surface area contributed by atoms with Crippen molar-refractivity contribution in [3.63, 3.8) is 0 Å². The predicted molar refractivity (Wildman–Crippen MR) is 149 cm³/mol. The van der Waals surface area contributed by atoms with E-state index in [0.717, 1.165) is 27.3 Å². The van der Waals surface area contributed by atoms with Crippen LogP contribution in [0.25, 0.3) is 0 Å². The number of H-pyrrole nitrogens is 1. The predicted octanol–water partition coefficient (Wildman–Crippen LogP) is 1.36. The van der Waals surface area contributed by atoms with Crippen molar-refractivity contribution in [1.29, 1.82) is 5.26 Å². The van der Waals surface area contributed by atoms with Crippen LogP contribution in [-0.2, 0) is 23.1 Å². The molecule has 1 unspecified atom stereocenters. The second-order valence-corrected chi connectivity index (χ2v) is 12.3. The van der Waals surface area contributed by atoms with Gasteiger partial charge >= 0.3 is 0 Å². The van der Waals surface area contributed by atoms with Crippen molar-refractivity contribution < 1.29 is 14.4 Å². The highest BCUT2D eigenvalue weighted by molar-refractivity contribution is 7.15. The number of tetrazole rings is 1. The van der Waals surface area contributed by atoms with Gasteiger partial charge in [-0.2, -0.15) is 10.5 Å². The zero-order valence-corrected chi connectivity index (χ0v) is 24.2. The molecule has 1 aliphatic heterocycles.